The van der Waals surface area contributed by atoms with Crippen molar-refractivity contribution in [3.8, 4) is 0 Å². The minimum Gasteiger partial charge on any atom is -0.434 e. The molecule has 9 nitrogen and oxygen atoms in total. The molecule has 3 amide bonds. The highest BCUT2D eigenvalue weighted by atomic mass is 16.6. The van der Waals surface area contributed by atoms with Gasteiger partial charge in [-0.25, -0.2) is 4.79 Å². The number of rotatable bonds is 8. The number of hydrogen-bond acceptors (Lipinski definition) is 6. The van der Waals surface area contributed by atoms with Crippen molar-refractivity contribution in [2.45, 2.75) is 19.9 Å². The van der Waals surface area contributed by atoms with Crippen LogP contribution in [0, 0.1) is 5.92 Å². The second-order valence-corrected chi connectivity index (χ2v) is 4.15. The molecule has 20 heavy (non-hydrogen) atoms. The van der Waals surface area contributed by atoms with Crippen molar-refractivity contribution < 1.29 is 23.9 Å². The third-order valence-corrected chi connectivity index (χ3v) is 2.23. The van der Waals surface area contributed by atoms with Crippen LogP contribution in [0.1, 0.15) is 13.8 Å². The van der Waals surface area contributed by atoms with Gasteiger partial charge in [-0.3, -0.25) is 15.3 Å². The average molecular weight is 288 g/mol. The molecule has 0 aromatic rings. The van der Waals surface area contributed by atoms with E-state index in [9.17, 15) is 19.2 Å². The molecule has 114 valence electrons. The zero-order chi connectivity index (χ0) is 15.5. The Hall–Kier alpha value is -2.16. The maximum absolute atomic E-state index is 11.7. The van der Waals surface area contributed by atoms with Gasteiger partial charge in [0.05, 0.1) is 6.54 Å². The van der Waals surface area contributed by atoms with Gasteiger partial charge >= 0.3 is 6.09 Å². The summed E-state index contributed by atoms with van der Waals surface area (Å²) in [7, 11) is 0. The largest absolute Gasteiger partial charge is 0.434 e. The molecule has 0 saturated carbocycles. The van der Waals surface area contributed by atoms with E-state index in [1.807, 2.05) is 0 Å². The van der Waals surface area contributed by atoms with E-state index in [-0.39, 0.29) is 25.7 Å². The number of nitrogens with two attached hydrogens (primary N) is 1. The molecule has 0 radical (unpaired) electrons. The van der Waals surface area contributed by atoms with Gasteiger partial charge in [0.2, 0.25) is 11.8 Å². The Balaban J connectivity index is 4.30. The van der Waals surface area contributed by atoms with E-state index in [0.29, 0.717) is 6.29 Å². The fourth-order valence-corrected chi connectivity index (χ4v) is 1.29. The average Bonchev–Trinajstić information content (AvgIpc) is 2.39. The van der Waals surface area contributed by atoms with Crippen molar-refractivity contribution in [2.24, 2.45) is 11.7 Å². The third kappa shape index (κ3) is 7.31. The standard InChI is InChI=1S/C11H20N4O5/c1-7(2)9(10(18)13-3-4-16)15-8(17)5-14-11(19)20-6-12/h4,7,9H,3,5-6,12H2,1-2H3,(H,13,18)(H,14,19)(H,15,17). The fraction of sp³-hybridized carbons (Fsp3) is 0.636. The van der Waals surface area contributed by atoms with Crippen LogP contribution >= 0.6 is 0 Å². The third-order valence-electron chi connectivity index (χ3n) is 2.23. The molecule has 5 N–H and O–H groups in total. The van der Waals surface area contributed by atoms with Gasteiger partial charge in [0.25, 0.3) is 0 Å². The van der Waals surface area contributed by atoms with Gasteiger partial charge in [0.1, 0.15) is 25.6 Å². The summed E-state index contributed by atoms with van der Waals surface area (Å²) in [6.45, 7) is 2.71. The second kappa shape index (κ2) is 9.73. The van der Waals surface area contributed by atoms with Gasteiger partial charge < -0.3 is 25.5 Å². The first kappa shape index (κ1) is 17.8. The first-order valence-electron chi connectivity index (χ1n) is 6.03. The predicted octanol–water partition coefficient (Wildman–Crippen LogP) is -1.92. The molecule has 0 aliphatic carbocycles. The first-order valence-corrected chi connectivity index (χ1v) is 6.03. The number of amides is 3. The van der Waals surface area contributed by atoms with Crippen molar-refractivity contribution in [1.29, 1.82) is 0 Å². The smallest absolute Gasteiger partial charge is 0.408 e. The Kier molecular flexibility index (Phi) is 8.68. The van der Waals surface area contributed by atoms with E-state index >= 15 is 0 Å². The van der Waals surface area contributed by atoms with Gasteiger partial charge in [-0.1, -0.05) is 13.8 Å². The minimum atomic E-state index is -0.825. The van der Waals surface area contributed by atoms with E-state index in [1.54, 1.807) is 13.8 Å². The highest BCUT2D eigenvalue weighted by molar-refractivity contribution is 5.90. The summed E-state index contributed by atoms with van der Waals surface area (Å²) in [6, 6.07) is -0.797. The molecule has 0 aromatic carbocycles. The Labute approximate surface area is 116 Å². The number of ether oxygens (including phenoxy) is 1. The number of nitrogens with one attached hydrogen (secondary N) is 3. The molecule has 0 fully saturated rings. The van der Waals surface area contributed by atoms with Crippen molar-refractivity contribution in [3.05, 3.63) is 0 Å². The molecule has 0 spiro atoms. The Bertz CT molecular complexity index is 359. The summed E-state index contributed by atoms with van der Waals surface area (Å²) in [4.78, 5) is 44.4. The summed E-state index contributed by atoms with van der Waals surface area (Å²) < 4.78 is 4.37. The predicted molar refractivity (Wildman–Crippen MR) is 69.4 cm³/mol. The van der Waals surface area contributed by atoms with Crippen LogP contribution in [-0.4, -0.2) is 50.1 Å². The lowest BCUT2D eigenvalue weighted by Gasteiger charge is -2.21. The molecule has 0 rings (SSSR count). The molecule has 0 aliphatic heterocycles. The summed E-state index contributed by atoms with van der Waals surface area (Å²) in [5.74, 6) is -1.20. The maximum atomic E-state index is 11.7. The Morgan fingerprint density at radius 2 is 1.90 bits per heavy atom. The number of hydrogen-bond donors (Lipinski definition) is 4. The summed E-state index contributed by atoms with van der Waals surface area (Å²) in [5, 5.41) is 6.98. The van der Waals surface area contributed by atoms with Crippen LogP contribution in [0.4, 0.5) is 4.79 Å². The van der Waals surface area contributed by atoms with Crippen LogP contribution in [-0.2, 0) is 19.1 Å². The lowest BCUT2D eigenvalue weighted by Crippen LogP contribution is -2.52. The molecule has 9 heteroatoms. The topological polar surface area (TPSA) is 140 Å². The molecule has 1 atom stereocenters. The zero-order valence-corrected chi connectivity index (χ0v) is 11.5. The van der Waals surface area contributed by atoms with E-state index in [1.165, 1.54) is 0 Å². The molecule has 0 bridgehead atoms. The highest BCUT2D eigenvalue weighted by Crippen LogP contribution is 2.01. The Morgan fingerprint density at radius 3 is 2.40 bits per heavy atom. The molecule has 1 unspecified atom stereocenters. The summed E-state index contributed by atoms with van der Waals surface area (Å²) >= 11 is 0. The molecule has 0 aliphatic rings. The maximum Gasteiger partial charge on any atom is 0.408 e. The van der Waals surface area contributed by atoms with Crippen molar-refractivity contribution >= 4 is 24.2 Å². The monoisotopic (exact) mass is 288 g/mol. The number of carbonyl (C=O) groups excluding carboxylic acids is 4. The SMILES string of the molecule is CC(C)C(NC(=O)CNC(=O)OCN)C(=O)NCC=O. The van der Waals surface area contributed by atoms with Crippen LogP contribution in [0.5, 0.6) is 0 Å². The minimum absolute atomic E-state index is 0.126. The number of aldehydes is 1. The molecule has 0 aromatic heterocycles. The van der Waals surface area contributed by atoms with Gasteiger partial charge in [-0.15, -0.1) is 0 Å². The Morgan fingerprint density at radius 1 is 1.25 bits per heavy atom. The van der Waals surface area contributed by atoms with Crippen LogP contribution < -0.4 is 21.7 Å². The number of alkyl carbamates (subject to hydrolysis) is 1. The van der Waals surface area contributed by atoms with Crippen LogP contribution in [0.15, 0.2) is 0 Å². The lowest BCUT2D eigenvalue weighted by atomic mass is 10.0. The number of carbonyl (C=O) groups is 4. The van der Waals surface area contributed by atoms with Crippen LogP contribution in [0.3, 0.4) is 0 Å². The van der Waals surface area contributed by atoms with Gasteiger partial charge in [-0.05, 0) is 5.92 Å². The van der Waals surface area contributed by atoms with Gasteiger partial charge in [0.15, 0.2) is 0 Å². The quantitative estimate of drug-likeness (QED) is 0.303. The molecular formula is C11H20N4O5. The van der Waals surface area contributed by atoms with Crippen molar-refractivity contribution in [3.63, 3.8) is 0 Å². The molecule has 0 saturated heterocycles. The highest BCUT2D eigenvalue weighted by Gasteiger charge is 2.23. The van der Waals surface area contributed by atoms with Crippen molar-refractivity contribution in [2.75, 3.05) is 19.8 Å². The van der Waals surface area contributed by atoms with E-state index in [4.69, 9.17) is 5.73 Å². The summed E-state index contributed by atoms with van der Waals surface area (Å²) in [6.07, 6.45) is -0.282. The summed E-state index contributed by atoms with van der Waals surface area (Å²) in [5.41, 5.74) is 4.98. The van der Waals surface area contributed by atoms with Gasteiger partial charge in [-0.2, -0.15) is 0 Å². The molecular weight excluding hydrogens is 268 g/mol. The normalized spacial score (nSPS) is 11.4. The van der Waals surface area contributed by atoms with Crippen molar-refractivity contribution in [1.82, 2.24) is 16.0 Å². The van der Waals surface area contributed by atoms with E-state index in [0.717, 1.165) is 0 Å². The lowest BCUT2D eigenvalue weighted by molar-refractivity contribution is -0.130. The fourth-order valence-electron chi connectivity index (χ4n) is 1.29. The van der Waals surface area contributed by atoms with Gasteiger partial charge in [0, 0.05) is 0 Å². The molecule has 0 heterocycles. The van der Waals surface area contributed by atoms with E-state index in [2.05, 4.69) is 20.7 Å². The first-order chi connectivity index (χ1) is 9.42. The van der Waals surface area contributed by atoms with E-state index < -0.39 is 23.9 Å². The van der Waals surface area contributed by atoms with Crippen LogP contribution in [0.2, 0.25) is 0 Å². The zero-order valence-electron chi connectivity index (χ0n) is 11.5. The van der Waals surface area contributed by atoms with Crippen LogP contribution in [0.25, 0.3) is 0 Å². The second-order valence-electron chi connectivity index (χ2n) is 4.15.